The predicted molar refractivity (Wildman–Crippen MR) is 103 cm³/mol. The Morgan fingerprint density at radius 1 is 1.30 bits per heavy atom. The minimum Gasteiger partial charge on any atom is -0.450 e. The summed E-state index contributed by atoms with van der Waals surface area (Å²) in [4.78, 5) is 14.9. The highest BCUT2D eigenvalue weighted by Crippen LogP contribution is 2.23. The van der Waals surface area contributed by atoms with Crippen molar-refractivity contribution < 1.29 is 9.53 Å². The molecular weight excluding hydrogens is 364 g/mol. The van der Waals surface area contributed by atoms with Gasteiger partial charge in [-0.05, 0) is 48.1 Å². The number of ether oxygens (including phenoxy) is 1. The fourth-order valence-electron chi connectivity index (χ4n) is 3.28. The Kier molecular flexibility index (Phi) is 7.05. The quantitative estimate of drug-likeness (QED) is 0.727. The Morgan fingerprint density at radius 2 is 2.07 bits per heavy atom. The highest BCUT2D eigenvalue weighted by Gasteiger charge is 2.26. The zero-order chi connectivity index (χ0) is 19.1. The highest BCUT2D eigenvalue weighted by atomic mass is 32.2. The number of aromatic nitrogens is 4. The number of carbonyl (C=O) groups is 1. The molecule has 2 aromatic rings. The summed E-state index contributed by atoms with van der Waals surface area (Å²) in [5.74, 6) is 0.825. The van der Waals surface area contributed by atoms with E-state index in [2.05, 4.69) is 51.4 Å². The number of tetrazole rings is 1. The van der Waals surface area contributed by atoms with Crippen molar-refractivity contribution in [2.24, 2.45) is 0 Å². The summed E-state index contributed by atoms with van der Waals surface area (Å²) in [6, 6.07) is 8.58. The predicted octanol–water partition coefficient (Wildman–Crippen LogP) is 2.48. The second-order valence-corrected chi connectivity index (χ2v) is 7.22. The lowest BCUT2D eigenvalue weighted by Gasteiger charge is -2.31. The molecule has 0 radical (unpaired) electrons. The van der Waals surface area contributed by atoms with Crippen LogP contribution >= 0.6 is 11.8 Å². The van der Waals surface area contributed by atoms with Gasteiger partial charge in [-0.25, -0.2) is 9.48 Å². The van der Waals surface area contributed by atoms with Gasteiger partial charge in [0, 0.05) is 24.5 Å². The summed E-state index contributed by atoms with van der Waals surface area (Å²) < 4.78 is 6.97. The number of rotatable bonds is 7. The average Bonchev–Trinajstić information content (AvgIpc) is 3.17. The number of thioether (sulfide) groups is 1. The summed E-state index contributed by atoms with van der Waals surface area (Å²) in [5, 5.41) is 15.7. The largest absolute Gasteiger partial charge is 0.450 e. The Morgan fingerprint density at radius 3 is 2.81 bits per heavy atom. The molecule has 1 fully saturated rings. The first-order valence-corrected chi connectivity index (χ1v) is 10.5. The van der Waals surface area contributed by atoms with E-state index < -0.39 is 0 Å². The Labute approximate surface area is 163 Å². The van der Waals surface area contributed by atoms with Gasteiger partial charge in [-0.15, -0.1) is 16.9 Å². The summed E-state index contributed by atoms with van der Waals surface area (Å²) in [7, 11) is 0. The van der Waals surface area contributed by atoms with Gasteiger partial charge < -0.3 is 15.0 Å². The first-order chi connectivity index (χ1) is 13.2. The van der Waals surface area contributed by atoms with Gasteiger partial charge in [0.05, 0.1) is 19.2 Å². The number of nitrogens with one attached hydrogen (secondary N) is 1. The topological polar surface area (TPSA) is 85.2 Å². The van der Waals surface area contributed by atoms with Crippen molar-refractivity contribution in [2.75, 3.05) is 26.0 Å². The summed E-state index contributed by atoms with van der Waals surface area (Å²) in [5.41, 5.74) is 1.27. The molecule has 2 heterocycles. The number of piperidine rings is 1. The van der Waals surface area contributed by atoms with Crippen LogP contribution in [0.15, 0.2) is 29.2 Å². The van der Waals surface area contributed by atoms with Gasteiger partial charge in [-0.3, -0.25) is 0 Å². The molecule has 1 saturated heterocycles. The number of benzene rings is 1. The van der Waals surface area contributed by atoms with Crippen LogP contribution in [0.3, 0.4) is 0 Å². The third-order valence-electron chi connectivity index (χ3n) is 4.69. The van der Waals surface area contributed by atoms with Crippen molar-refractivity contribution in [3.8, 4) is 0 Å². The molecule has 0 unspecified atom stereocenters. The monoisotopic (exact) mass is 390 g/mol. The number of amides is 1. The van der Waals surface area contributed by atoms with Gasteiger partial charge in [0.25, 0.3) is 0 Å². The molecule has 0 saturated carbocycles. The van der Waals surface area contributed by atoms with Crippen molar-refractivity contribution in [3.05, 3.63) is 35.7 Å². The van der Waals surface area contributed by atoms with Crippen LogP contribution in [-0.2, 0) is 17.8 Å². The summed E-state index contributed by atoms with van der Waals surface area (Å²) >= 11 is 1.75. The SMILES string of the molecule is CCOC(=O)N1CCC(n2nnnc2CNCc2ccccc2SC)CC1. The van der Waals surface area contributed by atoms with Crippen LogP contribution in [0.25, 0.3) is 0 Å². The van der Waals surface area contributed by atoms with E-state index in [-0.39, 0.29) is 12.1 Å². The van der Waals surface area contributed by atoms with E-state index in [1.807, 2.05) is 11.6 Å². The molecule has 0 spiro atoms. The molecule has 1 amide bonds. The Bertz CT molecular complexity index is 745. The van der Waals surface area contributed by atoms with Crippen LogP contribution in [-0.4, -0.2) is 57.2 Å². The Hall–Kier alpha value is -2.13. The maximum Gasteiger partial charge on any atom is 0.409 e. The van der Waals surface area contributed by atoms with E-state index >= 15 is 0 Å². The van der Waals surface area contributed by atoms with Crippen LogP contribution in [0, 0.1) is 0 Å². The number of likely N-dealkylation sites (tertiary alicyclic amines) is 1. The third-order valence-corrected chi connectivity index (χ3v) is 5.53. The maximum atomic E-state index is 11.8. The average molecular weight is 391 g/mol. The van der Waals surface area contributed by atoms with E-state index in [0.29, 0.717) is 26.2 Å². The molecule has 8 nitrogen and oxygen atoms in total. The molecule has 1 N–H and O–H groups in total. The van der Waals surface area contributed by atoms with E-state index in [9.17, 15) is 4.79 Å². The molecule has 1 aliphatic rings. The molecule has 1 aromatic carbocycles. The molecule has 27 heavy (non-hydrogen) atoms. The normalized spacial score (nSPS) is 15.1. The number of carbonyl (C=O) groups excluding carboxylic acids is 1. The van der Waals surface area contributed by atoms with Crippen molar-refractivity contribution in [3.63, 3.8) is 0 Å². The van der Waals surface area contributed by atoms with Crippen LogP contribution < -0.4 is 5.32 Å². The first-order valence-electron chi connectivity index (χ1n) is 9.24. The zero-order valence-corrected chi connectivity index (χ0v) is 16.6. The fourth-order valence-corrected chi connectivity index (χ4v) is 3.90. The third kappa shape index (κ3) is 4.98. The van der Waals surface area contributed by atoms with Gasteiger partial charge in [-0.2, -0.15) is 0 Å². The van der Waals surface area contributed by atoms with Gasteiger partial charge in [0.2, 0.25) is 0 Å². The van der Waals surface area contributed by atoms with Crippen molar-refractivity contribution in [1.82, 2.24) is 30.4 Å². The lowest BCUT2D eigenvalue weighted by Crippen LogP contribution is -2.40. The van der Waals surface area contributed by atoms with Crippen LogP contribution in [0.4, 0.5) is 4.79 Å². The smallest absolute Gasteiger partial charge is 0.409 e. The molecule has 3 rings (SSSR count). The molecule has 0 atom stereocenters. The van der Waals surface area contributed by atoms with Crippen molar-refractivity contribution in [1.29, 1.82) is 0 Å². The minimum absolute atomic E-state index is 0.209. The summed E-state index contributed by atoms with van der Waals surface area (Å²) in [6.45, 7) is 4.93. The Balaban J connectivity index is 1.53. The molecular formula is C18H26N6O2S. The number of hydrogen-bond acceptors (Lipinski definition) is 7. The van der Waals surface area contributed by atoms with E-state index in [0.717, 1.165) is 25.2 Å². The van der Waals surface area contributed by atoms with E-state index in [1.54, 1.807) is 16.7 Å². The van der Waals surface area contributed by atoms with Crippen LogP contribution in [0.1, 0.15) is 37.2 Å². The maximum absolute atomic E-state index is 11.8. The van der Waals surface area contributed by atoms with E-state index in [1.165, 1.54) is 10.5 Å². The molecule has 1 aromatic heterocycles. The lowest BCUT2D eigenvalue weighted by molar-refractivity contribution is 0.0910. The van der Waals surface area contributed by atoms with Gasteiger partial charge in [0.15, 0.2) is 5.82 Å². The lowest BCUT2D eigenvalue weighted by atomic mass is 10.1. The van der Waals surface area contributed by atoms with Crippen LogP contribution in [0.2, 0.25) is 0 Å². The number of hydrogen-bond donors (Lipinski definition) is 1. The van der Waals surface area contributed by atoms with Gasteiger partial charge in [-0.1, -0.05) is 18.2 Å². The van der Waals surface area contributed by atoms with E-state index in [4.69, 9.17) is 4.74 Å². The second kappa shape index (κ2) is 9.70. The standard InChI is InChI=1S/C18H26N6O2S/c1-3-26-18(25)23-10-8-15(9-11-23)24-17(20-21-22-24)13-19-12-14-6-4-5-7-16(14)27-2/h4-7,15,19H,3,8-13H2,1-2H3. The molecule has 0 aliphatic carbocycles. The zero-order valence-electron chi connectivity index (χ0n) is 15.8. The summed E-state index contributed by atoms with van der Waals surface area (Å²) in [6.07, 6.45) is 3.50. The van der Waals surface area contributed by atoms with Crippen LogP contribution in [0.5, 0.6) is 0 Å². The highest BCUT2D eigenvalue weighted by molar-refractivity contribution is 7.98. The molecule has 146 valence electrons. The molecule has 9 heteroatoms. The fraction of sp³-hybridized carbons (Fsp3) is 0.556. The molecule has 1 aliphatic heterocycles. The van der Waals surface area contributed by atoms with Gasteiger partial charge >= 0.3 is 6.09 Å². The molecule has 0 bridgehead atoms. The van der Waals surface area contributed by atoms with Gasteiger partial charge in [0.1, 0.15) is 0 Å². The van der Waals surface area contributed by atoms with Crippen molar-refractivity contribution in [2.45, 2.75) is 43.8 Å². The van der Waals surface area contributed by atoms with Crippen molar-refractivity contribution >= 4 is 17.9 Å². The first kappa shape index (κ1) is 19.6. The second-order valence-electron chi connectivity index (χ2n) is 6.37. The minimum atomic E-state index is -0.234. The number of nitrogens with zero attached hydrogens (tertiary/aromatic N) is 5.